The molecule has 2 N–H and O–H groups in total. The zero-order valence-electron chi connectivity index (χ0n) is 18.7. The lowest BCUT2D eigenvalue weighted by molar-refractivity contribution is -0.0517. The lowest BCUT2D eigenvalue weighted by Crippen LogP contribution is -2.67. The molecule has 1 amide bonds. The van der Waals surface area contributed by atoms with Crippen LogP contribution in [0.2, 0.25) is 5.04 Å². The lowest BCUT2D eigenvalue weighted by atomic mass is 10.1. The molecule has 0 aromatic heterocycles. The highest BCUT2D eigenvalue weighted by Gasteiger charge is 2.50. The van der Waals surface area contributed by atoms with E-state index in [4.69, 9.17) is 9.16 Å². The largest absolute Gasteiger partial charge is 0.465 e. The zero-order chi connectivity index (χ0) is 22.7. The molecule has 0 spiro atoms. The van der Waals surface area contributed by atoms with Crippen molar-refractivity contribution in [2.45, 2.75) is 44.4 Å². The second-order valence-corrected chi connectivity index (χ2v) is 13.9. The molecular weight excluding hydrogens is 410 g/mol. The van der Waals surface area contributed by atoms with Crippen LogP contribution in [0.15, 0.2) is 60.7 Å². The summed E-state index contributed by atoms with van der Waals surface area (Å²) in [4.78, 5) is 12.9. The number of amides is 1. The van der Waals surface area contributed by atoms with Crippen molar-refractivity contribution < 1.29 is 24.2 Å². The van der Waals surface area contributed by atoms with Crippen LogP contribution in [-0.2, 0) is 9.16 Å². The molecule has 2 aromatic carbocycles. The Morgan fingerprint density at radius 3 is 2.10 bits per heavy atom. The predicted molar refractivity (Wildman–Crippen MR) is 124 cm³/mol. The van der Waals surface area contributed by atoms with Crippen LogP contribution in [0, 0.1) is 0 Å². The Kier molecular flexibility index (Phi) is 6.91. The molecular formula is C24H33NO5Si. The van der Waals surface area contributed by atoms with E-state index in [2.05, 4.69) is 45.0 Å². The van der Waals surface area contributed by atoms with Crippen molar-refractivity contribution >= 4 is 24.8 Å². The minimum atomic E-state index is -2.74. The second-order valence-electron chi connectivity index (χ2n) is 9.57. The number of rotatable bonds is 5. The van der Waals surface area contributed by atoms with Crippen LogP contribution in [0.25, 0.3) is 0 Å². The molecule has 1 saturated heterocycles. The Hall–Kier alpha value is -2.19. The topological polar surface area (TPSA) is 79.2 Å². The molecule has 2 unspecified atom stereocenters. The van der Waals surface area contributed by atoms with Gasteiger partial charge in [0.15, 0.2) is 0 Å². The summed E-state index contributed by atoms with van der Waals surface area (Å²) in [5.74, 6) is 0. The van der Waals surface area contributed by atoms with Crippen molar-refractivity contribution in [3.8, 4) is 0 Å². The first-order chi connectivity index (χ1) is 14.6. The number of ether oxygens (including phenoxy) is 1. The van der Waals surface area contributed by atoms with Crippen LogP contribution in [0.5, 0.6) is 0 Å². The molecule has 1 heterocycles. The molecule has 7 heteroatoms. The standard InChI is InChI=1S/C24H33NO5Si/c1-23(2,3)31(20-11-7-5-8-12-20,21-13-9-6-10-14-21)30-16-19-15-25(22(26)27)17-24(4,28)18-29-19/h5-14,19,28H,15-18H2,1-4H3,(H,26,27). The monoisotopic (exact) mass is 443 g/mol. The van der Waals surface area contributed by atoms with E-state index in [0.717, 1.165) is 10.4 Å². The van der Waals surface area contributed by atoms with Gasteiger partial charge in [0.05, 0.1) is 32.4 Å². The van der Waals surface area contributed by atoms with Crippen molar-refractivity contribution in [3.63, 3.8) is 0 Å². The van der Waals surface area contributed by atoms with Crippen LogP contribution in [0.3, 0.4) is 0 Å². The van der Waals surface area contributed by atoms with Gasteiger partial charge in [0.25, 0.3) is 8.32 Å². The van der Waals surface area contributed by atoms with Crippen molar-refractivity contribution in [2.24, 2.45) is 0 Å². The fourth-order valence-corrected chi connectivity index (χ4v) is 8.93. The number of nitrogens with zero attached hydrogens (tertiary/aromatic N) is 1. The Labute approximate surface area is 185 Å². The van der Waals surface area contributed by atoms with Gasteiger partial charge in [-0.2, -0.15) is 0 Å². The number of aliphatic hydroxyl groups is 1. The van der Waals surface area contributed by atoms with E-state index in [9.17, 15) is 15.0 Å². The van der Waals surface area contributed by atoms with Gasteiger partial charge in [-0.15, -0.1) is 0 Å². The van der Waals surface area contributed by atoms with E-state index in [-0.39, 0.29) is 31.3 Å². The average molecular weight is 444 g/mol. The molecule has 31 heavy (non-hydrogen) atoms. The van der Waals surface area contributed by atoms with Gasteiger partial charge in [0, 0.05) is 0 Å². The quantitative estimate of drug-likeness (QED) is 0.695. The van der Waals surface area contributed by atoms with Crippen molar-refractivity contribution in [2.75, 3.05) is 26.3 Å². The van der Waals surface area contributed by atoms with Crippen molar-refractivity contribution in [1.29, 1.82) is 0 Å². The molecule has 0 aliphatic carbocycles. The van der Waals surface area contributed by atoms with E-state index in [1.54, 1.807) is 6.92 Å². The van der Waals surface area contributed by atoms with Gasteiger partial charge in [-0.05, 0) is 22.3 Å². The number of hydrogen-bond acceptors (Lipinski definition) is 4. The molecule has 1 fully saturated rings. The summed E-state index contributed by atoms with van der Waals surface area (Å²) in [7, 11) is -2.74. The Balaban J connectivity index is 1.97. The van der Waals surface area contributed by atoms with Gasteiger partial charge < -0.3 is 24.3 Å². The van der Waals surface area contributed by atoms with Gasteiger partial charge in [0.1, 0.15) is 5.60 Å². The summed E-state index contributed by atoms with van der Waals surface area (Å²) in [6, 6.07) is 20.6. The molecule has 2 atom stereocenters. The summed E-state index contributed by atoms with van der Waals surface area (Å²) in [5, 5.41) is 22.1. The zero-order valence-corrected chi connectivity index (χ0v) is 19.7. The molecule has 0 radical (unpaired) electrons. The lowest BCUT2D eigenvalue weighted by Gasteiger charge is -2.43. The summed E-state index contributed by atoms with van der Waals surface area (Å²) in [6.07, 6.45) is -1.53. The molecule has 2 aromatic rings. The van der Waals surface area contributed by atoms with Crippen molar-refractivity contribution in [3.05, 3.63) is 60.7 Å². The maximum Gasteiger partial charge on any atom is 0.407 e. The molecule has 3 rings (SSSR count). The smallest absolute Gasteiger partial charge is 0.407 e. The molecule has 1 aliphatic heterocycles. The maximum absolute atomic E-state index is 11.7. The van der Waals surface area contributed by atoms with Crippen LogP contribution in [0.4, 0.5) is 4.79 Å². The third kappa shape index (κ3) is 5.18. The number of benzene rings is 2. The predicted octanol–water partition coefficient (Wildman–Crippen LogP) is 2.69. The summed E-state index contributed by atoms with van der Waals surface area (Å²) < 4.78 is 12.8. The highest BCUT2D eigenvalue weighted by Crippen LogP contribution is 2.37. The molecule has 0 saturated carbocycles. The van der Waals surface area contributed by atoms with Crippen LogP contribution in [0.1, 0.15) is 27.7 Å². The number of β-amino-alcohol motifs (C(OH)–C–C–N with tert-alkyl or cyclic N) is 1. The molecule has 0 bridgehead atoms. The normalized spacial score (nSPS) is 22.7. The maximum atomic E-state index is 11.7. The van der Waals surface area contributed by atoms with Crippen LogP contribution in [-0.4, -0.2) is 67.5 Å². The highest BCUT2D eigenvalue weighted by molar-refractivity contribution is 6.99. The minimum Gasteiger partial charge on any atom is -0.465 e. The Morgan fingerprint density at radius 2 is 1.65 bits per heavy atom. The first-order valence-electron chi connectivity index (χ1n) is 10.6. The summed E-state index contributed by atoms with van der Waals surface area (Å²) >= 11 is 0. The first kappa shape index (κ1) is 23.5. The molecule has 1 aliphatic rings. The third-order valence-electron chi connectivity index (χ3n) is 5.76. The van der Waals surface area contributed by atoms with Gasteiger partial charge in [-0.3, -0.25) is 0 Å². The van der Waals surface area contributed by atoms with Crippen LogP contribution < -0.4 is 10.4 Å². The number of carboxylic acid groups (broad SMARTS) is 1. The number of carbonyl (C=O) groups is 1. The van der Waals surface area contributed by atoms with E-state index in [1.807, 2.05) is 36.4 Å². The third-order valence-corrected chi connectivity index (χ3v) is 10.8. The van der Waals surface area contributed by atoms with Crippen molar-refractivity contribution in [1.82, 2.24) is 4.90 Å². The fourth-order valence-electron chi connectivity index (χ4n) is 4.34. The Bertz CT molecular complexity index is 827. The fraction of sp³-hybridized carbons (Fsp3) is 0.458. The van der Waals surface area contributed by atoms with Gasteiger partial charge in [0.2, 0.25) is 0 Å². The Morgan fingerprint density at radius 1 is 1.13 bits per heavy atom. The van der Waals surface area contributed by atoms with Gasteiger partial charge >= 0.3 is 6.09 Å². The summed E-state index contributed by atoms with van der Waals surface area (Å²) in [6.45, 7) is 8.65. The van der Waals surface area contributed by atoms with Crippen LogP contribution >= 0.6 is 0 Å². The molecule has 6 nitrogen and oxygen atoms in total. The van der Waals surface area contributed by atoms with E-state index < -0.39 is 26.1 Å². The summed E-state index contributed by atoms with van der Waals surface area (Å²) in [5.41, 5.74) is -1.23. The highest BCUT2D eigenvalue weighted by atomic mass is 28.4. The minimum absolute atomic E-state index is 0.0120. The number of hydrogen-bond donors (Lipinski definition) is 2. The van der Waals surface area contributed by atoms with E-state index in [0.29, 0.717) is 0 Å². The second kappa shape index (κ2) is 9.12. The molecule has 168 valence electrons. The SMILES string of the molecule is CC1(O)COC(CO[Si](c2ccccc2)(c2ccccc2)C(C)(C)C)CN(C(=O)O)C1. The van der Waals surface area contributed by atoms with Gasteiger partial charge in [-0.25, -0.2) is 4.79 Å². The van der Waals surface area contributed by atoms with E-state index >= 15 is 0 Å². The average Bonchev–Trinajstić information content (AvgIpc) is 2.87. The van der Waals surface area contributed by atoms with Gasteiger partial charge in [-0.1, -0.05) is 81.4 Å². The van der Waals surface area contributed by atoms with E-state index in [1.165, 1.54) is 4.90 Å². The first-order valence-corrected chi connectivity index (χ1v) is 12.5.